The van der Waals surface area contributed by atoms with Crippen molar-refractivity contribution >= 4 is 16.7 Å². The zero-order chi connectivity index (χ0) is 21.6. The second-order valence-electron chi connectivity index (χ2n) is 6.51. The first-order valence-corrected chi connectivity index (χ1v) is 9.75. The molecule has 2 N–H and O–H groups in total. The Hall–Kier alpha value is -4.01. The highest BCUT2D eigenvalue weighted by Gasteiger charge is 2.12. The van der Waals surface area contributed by atoms with Gasteiger partial charge in [0.25, 0.3) is 0 Å². The number of nitrogens with zero attached hydrogens (tertiary/aromatic N) is 3. The van der Waals surface area contributed by atoms with Crippen molar-refractivity contribution in [3.63, 3.8) is 0 Å². The topological polar surface area (TPSA) is 103 Å². The van der Waals surface area contributed by atoms with Crippen molar-refractivity contribution < 1.29 is 18.9 Å². The van der Waals surface area contributed by atoms with Crippen molar-refractivity contribution in [1.82, 2.24) is 20.2 Å². The third kappa shape index (κ3) is 4.45. The smallest absolute Gasteiger partial charge is 0.162 e. The van der Waals surface area contributed by atoms with E-state index in [-0.39, 0.29) is 0 Å². The van der Waals surface area contributed by atoms with E-state index in [0.717, 1.165) is 22.3 Å². The second-order valence-corrected chi connectivity index (χ2v) is 6.51. The molecule has 0 fully saturated rings. The van der Waals surface area contributed by atoms with Crippen molar-refractivity contribution in [3.8, 4) is 28.7 Å². The lowest BCUT2D eigenvalue weighted by atomic mass is 10.2. The molecule has 0 saturated carbocycles. The van der Waals surface area contributed by atoms with E-state index in [2.05, 4.69) is 25.5 Å². The van der Waals surface area contributed by atoms with Gasteiger partial charge in [0.05, 0.1) is 51.0 Å². The molecule has 4 rings (SSSR count). The van der Waals surface area contributed by atoms with Gasteiger partial charge < -0.3 is 24.3 Å². The molecule has 0 aliphatic carbocycles. The molecule has 1 aromatic carbocycles. The van der Waals surface area contributed by atoms with Crippen LogP contribution < -0.4 is 24.3 Å². The summed E-state index contributed by atoms with van der Waals surface area (Å²) in [7, 11) is 3.19. The van der Waals surface area contributed by atoms with Crippen LogP contribution in [0.25, 0.3) is 10.9 Å². The molecule has 0 bridgehead atoms. The van der Waals surface area contributed by atoms with Crippen molar-refractivity contribution in [3.05, 3.63) is 54.6 Å². The van der Waals surface area contributed by atoms with Crippen LogP contribution in [0, 0.1) is 0 Å². The summed E-state index contributed by atoms with van der Waals surface area (Å²) in [5, 5.41) is 11.0. The van der Waals surface area contributed by atoms with E-state index in [0.29, 0.717) is 42.0 Å². The van der Waals surface area contributed by atoms with E-state index in [1.54, 1.807) is 38.9 Å². The summed E-state index contributed by atoms with van der Waals surface area (Å²) in [5.74, 6) is 3.90. The number of fused-ring (bicyclic) bond motifs is 1. The molecule has 3 heterocycles. The number of rotatable bonds is 9. The van der Waals surface area contributed by atoms with Crippen LogP contribution in [-0.4, -0.2) is 41.0 Å². The second kappa shape index (κ2) is 9.21. The average molecular weight is 421 g/mol. The van der Waals surface area contributed by atoms with Gasteiger partial charge in [-0.1, -0.05) is 0 Å². The van der Waals surface area contributed by atoms with E-state index in [4.69, 9.17) is 18.9 Å². The maximum atomic E-state index is 6.06. The van der Waals surface area contributed by atoms with Gasteiger partial charge in [-0.15, -0.1) is 0 Å². The Labute approximate surface area is 179 Å². The quantitative estimate of drug-likeness (QED) is 0.415. The van der Waals surface area contributed by atoms with E-state index in [1.807, 2.05) is 31.2 Å². The number of pyridine rings is 2. The van der Waals surface area contributed by atoms with Gasteiger partial charge in [0.2, 0.25) is 0 Å². The highest BCUT2D eigenvalue weighted by molar-refractivity contribution is 5.88. The maximum absolute atomic E-state index is 6.06. The number of benzene rings is 1. The predicted molar refractivity (Wildman–Crippen MR) is 116 cm³/mol. The van der Waals surface area contributed by atoms with Crippen LogP contribution in [0.5, 0.6) is 28.7 Å². The summed E-state index contributed by atoms with van der Waals surface area (Å²) < 4.78 is 22.3. The van der Waals surface area contributed by atoms with Crippen LogP contribution in [0.2, 0.25) is 0 Å². The third-order valence-corrected chi connectivity index (χ3v) is 4.60. The van der Waals surface area contributed by atoms with Gasteiger partial charge in [-0.3, -0.25) is 10.1 Å². The maximum Gasteiger partial charge on any atom is 0.162 e. The summed E-state index contributed by atoms with van der Waals surface area (Å²) >= 11 is 0. The van der Waals surface area contributed by atoms with Crippen molar-refractivity contribution in [2.45, 2.75) is 13.5 Å². The highest BCUT2D eigenvalue weighted by atomic mass is 16.5. The van der Waals surface area contributed by atoms with E-state index in [9.17, 15) is 0 Å². The molecule has 0 aliphatic heterocycles. The minimum atomic E-state index is 0.513. The van der Waals surface area contributed by atoms with Crippen molar-refractivity contribution in [2.75, 3.05) is 26.1 Å². The Bertz CT molecular complexity index is 1160. The number of methoxy groups -OCH3 is 2. The summed E-state index contributed by atoms with van der Waals surface area (Å²) in [6, 6.07) is 9.16. The molecule has 9 nitrogen and oxygen atoms in total. The molecule has 31 heavy (non-hydrogen) atoms. The lowest BCUT2D eigenvalue weighted by molar-refractivity contribution is 0.337. The van der Waals surface area contributed by atoms with Crippen LogP contribution in [0.3, 0.4) is 0 Å². The summed E-state index contributed by atoms with van der Waals surface area (Å²) in [6.07, 6.45) is 5.01. The van der Waals surface area contributed by atoms with E-state index < -0.39 is 0 Å². The standard InChI is InChI=1S/C22H23N5O4/c1-4-30-21-13-26-27-17(21)12-25-22-6-5-14(11-24-22)31-18-7-8-23-16-10-20(29-3)19(28-2)9-15(16)18/h5-11,13H,4,12H2,1-3H3,(H,24,25)(H,26,27). The molecule has 0 saturated heterocycles. The summed E-state index contributed by atoms with van der Waals surface area (Å²) in [4.78, 5) is 8.81. The molecule has 160 valence electrons. The zero-order valence-corrected chi connectivity index (χ0v) is 17.5. The van der Waals surface area contributed by atoms with Crippen molar-refractivity contribution in [1.29, 1.82) is 0 Å². The molecular formula is C22H23N5O4. The number of hydrogen-bond acceptors (Lipinski definition) is 8. The molecule has 0 amide bonds. The van der Waals surface area contributed by atoms with Gasteiger partial charge >= 0.3 is 0 Å². The molecule has 0 atom stereocenters. The largest absolute Gasteiger partial charge is 0.493 e. The Kier molecular flexibility index (Phi) is 6.02. The number of anilines is 1. The number of aromatic nitrogens is 4. The Morgan fingerprint density at radius 3 is 2.52 bits per heavy atom. The van der Waals surface area contributed by atoms with Crippen LogP contribution in [-0.2, 0) is 6.54 Å². The molecule has 0 spiro atoms. The average Bonchev–Trinajstić information content (AvgIpc) is 3.25. The fraction of sp³-hybridized carbons (Fsp3) is 0.227. The number of nitrogens with one attached hydrogen (secondary N) is 2. The Morgan fingerprint density at radius 2 is 1.77 bits per heavy atom. The Balaban J connectivity index is 1.49. The van der Waals surface area contributed by atoms with Gasteiger partial charge in [0.1, 0.15) is 17.3 Å². The van der Waals surface area contributed by atoms with Crippen LogP contribution in [0.4, 0.5) is 5.82 Å². The van der Waals surface area contributed by atoms with E-state index in [1.165, 1.54) is 0 Å². The minimum Gasteiger partial charge on any atom is -0.493 e. The first-order valence-electron chi connectivity index (χ1n) is 9.75. The predicted octanol–water partition coefficient (Wildman–Crippen LogP) is 4.17. The zero-order valence-electron chi connectivity index (χ0n) is 17.5. The van der Waals surface area contributed by atoms with Crippen molar-refractivity contribution in [2.24, 2.45) is 0 Å². The first kappa shape index (κ1) is 20.3. The molecule has 0 unspecified atom stereocenters. The number of H-pyrrole nitrogens is 1. The van der Waals surface area contributed by atoms with Gasteiger partial charge in [-0.25, -0.2) is 4.98 Å². The Morgan fingerprint density at radius 1 is 0.935 bits per heavy atom. The van der Waals surface area contributed by atoms with Gasteiger partial charge in [-0.2, -0.15) is 5.10 Å². The number of aromatic amines is 1. The third-order valence-electron chi connectivity index (χ3n) is 4.60. The van der Waals surface area contributed by atoms with E-state index >= 15 is 0 Å². The monoisotopic (exact) mass is 421 g/mol. The highest BCUT2D eigenvalue weighted by Crippen LogP contribution is 2.36. The lowest BCUT2D eigenvalue weighted by Crippen LogP contribution is -2.04. The molecule has 0 aliphatic rings. The number of hydrogen-bond donors (Lipinski definition) is 2. The normalized spacial score (nSPS) is 10.7. The first-order chi connectivity index (χ1) is 15.2. The van der Waals surface area contributed by atoms with Gasteiger partial charge in [0.15, 0.2) is 17.2 Å². The molecule has 0 radical (unpaired) electrons. The van der Waals surface area contributed by atoms with Gasteiger partial charge in [0, 0.05) is 17.6 Å². The minimum absolute atomic E-state index is 0.513. The molecule has 4 aromatic rings. The summed E-state index contributed by atoms with van der Waals surface area (Å²) in [5.41, 5.74) is 1.60. The summed E-state index contributed by atoms with van der Waals surface area (Å²) in [6.45, 7) is 3.03. The fourth-order valence-electron chi connectivity index (χ4n) is 3.10. The lowest BCUT2D eigenvalue weighted by Gasteiger charge is -2.12. The van der Waals surface area contributed by atoms with Crippen LogP contribution >= 0.6 is 0 Å². The molecule has 3 aromatic heterocycles. The van der Waals surface area contributed by atoms with Crippen LogP contribution in [0.1, 0.15) is 12.6 Å². The fourth-order valence-corrected chi connectivity index (χ4v) is 3.10. The molecule has 9 heteroatoms. The van der Waals surface area contributed by atoms with Crippen LogP contribution in [0.15, 0.2) is 48.9 Å². The SMILES string of the molecule is CCOc1cn[nH]c1CNc1ccc(Oc2ccnc3cc(OC)c(OC)cc23)cn1. The van der Waals surface area contributed by atoms with Gasteiger partial charge in [-0.05, 0) is 31.2 Å². The molecular weight excluding hydrogens is 398 g/mol. The number of ether oxygens (including phenoxy) is 4.